The second kappa shape index (κ2) is 9.76. The van der Waals surface area contributed by atoms with Crippen LogP contribution in [0.3, 0.4) is 0 Å². The summed E-state index contributed by atoms with van der Waals surface area (Å²) in [6.45, 7) is -0.386. The highest BCUT2D eigenvalue weighted by Crippen LogP contribution is 2.27. The molecule has 130 valence electrons. The zero-order valence-corrected chi connectivity index (χ0v) is 15.0. The molecule has 2 aromatic carbocycles. The monoisotopic (exact) mass is 377 g/mol. The van der Waals surface area contributed by atoms with Gasteiger partial charge in [0.1, 0.15) is 5.75 Å². The molecule has 7 heteroatoms. The van der Waals surface area contributed by atoms with Crippen LogP contribution in [0.2, 0.25) is 5.02 Å². The Morgan fingerprint density at radius 2 is 1.96 bits per heavy atom. The Bertz CT molecular complexity index is 765. The van der Waals surface area contributed by atoms with Crippen LogP contribution in [0.25, 0.3) is 0 Å². The lowest BCUT2D eigenvalue weighted by Gasteiger charge is -2.08. The molecule has 1 N–H and O–H groups in total. The van der Waals surface area contributed by atoms with E-state index >= 15 is 0 Å². The standard InChI is InChI=1S/C18H16ClNO4S/c1-23-16-8-7-13(11-15(16)19)20-17(21)12-24-18(22)9-10-25-14-5-3-2-4-6-14/h2-11H,12H2,1H3,(H,20,21)/b10-9+. The van der Waals surface area contributed by atoms with E-state index in [1.165, 1.54) is 24.9 Å². The maximum absolute atomic E-state index is 11.8. The lowest BCUT2D eigenvalue weighted by Crippen LogP contribution is -2.20. The van der Waals surface area contributed by atoms with Gasteiger partial charge < -0.3 is 14.8 Å². The number of ether oxygens (including phenoxy) is 2. The zero-order valence-electron chi connectivity index (χ0n) is 13.4. The molecule has 0 bridgehead atoms. The normalized spacial score (nSPS) is 10.5. The van der Waals surface area contributed by atoms with Crippen LogP contribution in [0, 0.1) is 0 Å². The third-order valence-corrected chi connectivity index (χ3v) is 4.04. The Kier molecular flexibility index (Phi) is 7.37. The minimum atomic E-state index is -0.591. The van der Waals surface area contributed by atoms with Crippen molar-refractivity contribution in [3.8, 4) is 5.75 Å². The van der Waals surface area contributed by atoms with Crippen LogP contribution < -0.4 is 10.1 Å². The molecule has 1 amide bonds. The SMILES string of the molecule is COc1ccc(NC(=O)COC(=O)/C=C/Sc2ccccc2)cc1Cl. The van der Waals surface area contributed by atoms with Crippen molar-refractivity contribution in [1.29, 1.82) is 0 Å². The number of carbonyl (C=O) groups is 2. The van der Waals surface area contributed by atoms with Gasteiger partial charge in [-0.25, -0.2) is 4.79 Å². The van der Waals surface area contributed by atoms with Crippen LogP contribution in [0.5, 0.6) is 5.75 Å². The summed E-state index contributed by atoms with van der Waals surface area (Å²) in [4.78, 5) is 24.4. The molecule has 2 rings (SSSR count). The number of carbonyl (C=O) groups excluding carboxylic acids is 2. The number of rotatable bonds is 7. The van der Waals surface area contributed by atoms with E-state index in [4.69, 9.17) is 21.1 Å². The topological polar surface area (TPSA) is 64.6 Å². The van der Waals surface area contributed by atoms with Crippen molar-refractivity contribution in [2.45, 2.75) is 4.90 Å². The Hall–Kier alpha value is -2.44. The van der Waals surface area contributed by atoms with Crippen molar-refractivity contribution >= 4 is 40.9 Å². The first kappa shape index (κ1) is 18.9. The van der Waals surface area contributed by atoms with Gasteiger partial charge in [0.25, 0.3) is 5.91 Å². The van der Waals surface area contributed by atoms with E-state index in [0.29, 0.717) is 16.5 Å². The van der Waals surface area contributed by atoms with Crippen LogP contribution >= 0.6 is 23.4 Å². The second-order valence-electron chi connectivity index (χ2n) is 4.74. The van der Waals surface area contributed by atoms with Gasteiger partial charge in [-0.1, -0.05) is 41.6 Å². The summed E-state index contributed by atoms with van der Waals surface area (Å²) in [7, 11) is 1.50. The average molecular weight is 378 g/mol. The minimum Gasteiger partial charge on any atom is -0.495 e. The molecule has 0 atom stereocenters. The van der Waals surface area contributed by atoms with Crippen molar-refractivity contribution < 1.29 is 19.1 Å². The number of benzene rings is 2. The number of halogens is 1. The molecular weight excluding hydrogens is 362 g/mol. The molecule has 0 aromatic heterocycles. The third kappa shape index (κ3) is 6.52. The first-order valence-corrected chi connectivity index (χ1v) is 8.52. The number of thioether (sulfide) groups is 1. The van der Waals surface area contributed by atoms with E-state index in [0.717, 1.165) is 4.90 Å². The summed E-state index contributed by atoms with van der Waals surface area (Å²) >= 11 is 7.36. The summed E-state index contributed by atoms with van der Waals surface area (Å²) in [6.07, 6.45) is 1.27. The van der Waals surface area contributed by atoms with Crippen molar-refractivity contribution in [1.82, 2.24) is 0 Å². The van der Waals surface area contributed by atoms with Crippen molar-refractivity contribution in [3.05, 3.63) is 65.0 Å². The molecular formula is C18H16ClNO4S. The lowest BCUT2D eigenvalue weighted by atomic mass is 10.3. The van der Waals surface area contributed by atoms with Gasteiger partial charge in [-0.3, -0.25) is 4.79 Å². The fraction of sp³-hybridized carbons (Fsp3) is 0.111. The number of anilines is 1. The molecule has 0 radical (unpaired) electrons. The van der Waals surface area contributed by atoms with Gasteiger partial charge in [0.15, 0.2) is 6.61 Å². The molecule has 0 aliphatic carbocycles. The molecule has 0 unspecified atom stereocenters. The molecule has 0 aliphatic heterocycles. The van der Waals surface area contributed by atoms with Gasteiger partial charge in [0, 0.05) is 16.7 Å². The number of methoxy groups -OCH3 is 1. The van der Waals surface area contributed by atoms with Gasteiger partial charge in [-0.15, -0.1) is 0 Å². The summed E-state index contributed by atoms with van der Waals surface area (Å²) in [6, 6.07) is 14.4. The van der Waals surface area contributed by atoms with E-state index in [1.54, 1.807) is 23.6 Å². The highest BCUT2D eigenvalue weighted by atomic mass is 35.5. The molecule has 0 saturated heterocycles. The first-order valence-electron chi connectivity index (χ1n) is 7.27. The highest BCUT2D eigenvalue weighted by molar-refractivity contribution is 8.02. The predicted octanol–water partition coefficient (Wildman–Crippen LogP) is 4.14. The molecule has 2 aromatic rings. The van der Waals surface area contributed by atoms with E-state index < -0.39 is 11.9 Å². The molecule has 0 aliphatic rings. The summed E-state index contributed by atoms with van der Waals surface area (Å²) in [5.41, 5.74) is 0.488. The zero-order chi connectivity index (χ0) is 18.1. The Morgan fingerprint density at radius 3 is 2.64 bits per heavy atom. The molecule has 0 heterocycles. The second-order valence-corrected chi connectivity index (χ2v) is 6.13. The van der Waals surface area contributed by atoms with Crippen LogP contribution in [0.15, 0.2) is 64.9 Å². The van der Waals surface area contributed by atoms with Crippen LogP contribution in [-0.2, 0) is 14.3 Å². The van der Waals surface area contributed by atoms with E-state index in [1.807, 2.05) is 30.3 Å². The molecule has 5 nitrogen and oxygen atoms in total. The van der Waals surface area contributed by atoms with Gasteiger partial charge in [0.05, 0.1) is 12.1 Å². The largest absolute Gasteiger partial charge is 0.495 e. The first-order chi connectivity index (χ1) is 12.1. The fourth-order valence-corrected chi connectivity index (χ4v) is 2.70. The smallest absolute Gasteiger partial charge is 0.331 e. The summed E-state index contributed by atoms with van der Waals surface area (Å²) in [5, 5.41) is 4.57. The van der Waals surface area contributed by atoms with Gasteiger partial charge in [-0.2, -0.15) is 0 Å². The number of esters is 1. The van der Waals surface area contributed by atoms with Crippen molar-refractivity contribution in [2.75, 3.05) is 19.0 Å². The van der Waals surface area contributed by atoms with Gasteiger partial charge >= 0.3 is 5.97 Å². The Labute approximate surface area is 155 Å². The number of nitrogens with one attached hydrogen (secondary N) is 1. The van der Waals surface area contributed by atoms with Crippen molar-refractivity contribution in [3.63, 3.8) is 0 Å². The minimum absolute atomic E-state index is 0.373. The Balaban J connectivity index is 1.75. The van der Waals surface area contributed by atoms with Crippen LogP contribution in [-0.4, -0.2) is 25.6 Å². The lowest BCUT2D eigenvalue weighted by molar-refractivity contribution is -0.142. The fourth-order valence-electron chi connectivity index (χ4n) is 1.79. The van der Waals surface area contributed by atoms with Gasteiger partial charge in [0.2, 0.25) is 0 Å². The van der Waals surface area contributed by atoms with Crippen LogP contribution in [0.1, 0.15) is 0 Å². The maximum atomic E-state index is 11.8. The van der Waals surface area contributed by atoms with E-state index in [2.05, 4.69) is 5.32 Å². The molecule has 0 fully saturated rings. The Morgan fingerprint density at radius 1 is 1.20 bits per heavy atom. The van der Waals surface area contributed by atoms with Crippen molar-refractivity contribution in [2.24, 2.45) is 0 Å². The van der Waals surface area contributed by atoms with E-state index in [-0.39, 0.29) is 6.61 Å². The van der Waals surface area contributed by atoms with Crippen LogP contribution in [0.4, 0.5) is 5.69 Å². The molecule has 25 heavy (non-hydrogen) atoms. The predicted molar refractivity (Wildman–Crippen MR) is 99.0 cm³/mol. The highest BCUT2D eigenvalue weighted by Gasteiger charge is 2.08. The summed E-state index contributed by atoms with van der Waals surface area (Å²) in [5.74, 6) is -0.544. The number of hydrogen-bond acceptors (Lipinski definition) is 5. The van der Waals surface area contributed by atoms with Gasteiger partial charge in [-0.05, 0) is 35.7 Å². The summed E-state index contributed by atoms with van der Waals surface area (Å²) < 4.78 is 9.91. The quantitative estimate of drug-likeness (QED) is 0.446. The molecule has 0 saturated carbocycles. The average Bonchev–Trinajstić information content (AvgIpc) is 2.61. The number of amides is 1. The third-order valence-electron chi connectivity index (χ3n) is 2.93. The number of hydrogen-bond donors (Lipinski definition) is 1. The van der Waals surface area contributed by atoms with E-state index in [9.17, 15) is 9.59 Å². The molecule has 0 spiro atoms. The maximum Gasteiger partial charge on any atom is 0.331 e.